The minimum absolute atomic E-state index is 0.0782. The quantitative estimate of drug-likeness (QED) is 0.684. The molecule has 13 heavy (non-hydrogen) atoms. The summed E-state index contributed by atoms with van der Waals surface area (Å²) < 4.78 is 12.9. The van der Waals surface area contributed by atoms with E-state index in [0.29, 0.717) is 12.1 Å². The zero-order valence-corrected chi connectivity index (χ0v) is 7.30. The number of halogens is 1. The number of nitrogen functional groups attached to an aromatic ring is 1. The predicted octanol–water partition coefficient (Wildman–Crippen LogP) is 1.76. The molecule has 0 aliphatic carbocycles. The van der Waals surface area contributed by atoms with E-state index in [4.69, 9.17) is 5.73 Å². The first-order valence-electron chi connectivity index (χ1n) is 3.98. The van der Waals surface area contributed by atoms with Crippen molar-refractivity contribution in [3.05, 3.63) is 24.0 Å². The summed E-state index contributed by atoms with van der Waals surface area (Å²) >= 11 is 0. The summed E-state index contributed by atoms with van der Waals surface area (Å²) in [6, 6.07) is 4.18. The number of nitrogens with one attached hydrogen (secondary N) is 1. The Bertz CT molecular complexity index is 325. The summed E-state index contributed by atoms with van der Waals surface area (Å²) in [6.45, 7) is 1.73. The number of carbonyl (C=O) groups is 1. The van der Waals surface area contributed by atoms with E-state index < -0.39 is 5.82 Å². The largest absolute Gasteiger partial charge is 0.396 e. The first kappa shape index (κ1) is 9.51. The van der Waals surface area contributed by atoms with Crippen molar-refractivity contribution in [2.24, 2.45) is 0 Å². The number of carbonyl (C=O) groups excluding carboxylic acids is 1. The molecule has 0 radical (unpaired) electrons. The van der Waals surface area contributed by atoms with Crippen LogP contribution in [0.4, 0.5) is 15.8 Å². The summed E-state index contributed by atoms with van der Waals surface area (Å²) in [5.41, 5.74) is 5.77. The molecule has 0 aromatic heterocycles. The molecule has 0 saturated carbocycles. The van der Waals surface area contributed by atoms with Crippen LogP contribution in [-0.2, 0) is 4.79 Å². The third-order valence-corrected chi connectivity index (χ3v) is 1.61. The van der Waals surface area contributed by atoms with Gasteiger partial charge in [-0.2, -0.15) is 0 Å². The van der Waals surface area contributed by atoms with Gasteiger partial charge in [-0.15, -0.1) is 0 Å². The number of hydrogen-bond acceptors (Lipinski definition) is 2. The first-order chi connectivity index (χ1) is 6.13. The minimum atomic E-state index is -0.520. The Morgan fingerprint density at radius 1 is 1.62 bits per heavy atom. The molecular weight excluding hydrogens is 171 g/mol. The summed E-state index contributed by atoms with van der Waals surface area (Å²) in [5, 5.41) is 2.53. The molecule has 0 heterocycles. The van der Waals surface area contributed by atoms with E-state index in [1.807, 2.05) is 0 Å². The zero-order chi connectivity index (χ0) is 9.84. The third-order valence-electron chi connectivity index (χ3n) is 1.61. The van der Waals surface area contributed by atoms with Crippen LogP contribution >= 0.6 is 0 Å². The maximum Gasteiger partial charge on any atom is 0.224 e. The Morgan fingerprint density at radius 2 is 2.31 bits per heavy atom. The van der Waals surface area contributed by atoms with Gasteiger partial charge in [0.1, 0.15) is 5.82 Å². The van der Waals surface area contributed by atoms with Gasteiger partial charge in [0.15, 0.2) is 0 Å². The van der Waals surface area contributed by atoms with Gasteiger partial charge in [0, 0.05) is 12.1 Å². The molecule has 0 saturated heterocycles. The van der Waals surface area contributed by atoms with Crippen LogP contribution < -0.4 is 11.1 Å². The average molecular weight is 182 g/mol. The maximum absolute atomic E-state index is 12.9. The standard InChI is InChI=1S/C9H11FN2O/c1-2-9(13)12-6-3-4-8(11)7(10)5-6/h3-5H,2,11H2,1H3,(H,12,13). The molecule has 0 unspecified atom stereocenters. The Morgan fingerprint density at radius 3 is 2.85 bits per heavy atom. The summed E-state index contributed by atoms with van der Waals surface area (Å²) in [7, 11) is 0. The van der Waals surface area contributed by atoms with Crippen LogP contribution in [0.3, 0.4) is 0 Å². The van der Waals surface area contributed by atoms with Crippen LogP contribution in [0.15, 0.2) is 18.2 Å². The van der Waals surface area contributed by atoms with E-state index >= 15 is 0 Å². The topological polar surface area (TPSA) is 55.1 Å². The van der Waals surface area contributed by atoms with Crippen molar-refractivity contribution < 1.29 is 9.18 Å². The van der Waals surface area contributed by atoms with E-state index in [9.17, 15) is 9.18 Å². The van der Waals surface area contributed by atoms with Crippen LogP contribution in [0.2, 0.25) is 0 Å². The molecule has 3 N–H and O–H groups in total. The fraction of sp³-hybridized carbons (Fsp3) is 0.222. The monoisotopic (exact) mass is 182 g/mol. The van der Waals surface area contributed by atoms with Crippen molar-refractivity contribution in [2.45, 2.75) is 13.3 Å². The molecule has 1 aromatic carbocycles. The van der Waals surface area contributed by atoms with Gasteiger partial charge in [-0.05, 0) is 18.2 Å². The number of nitrogens with two attached hydrogens (primary N) is 1. The lowest BCUT2D eigenvalue weighted by atomic mass is 10.2. The lowest BCUT2D eigenvalue weighted by Gasteiger charge is -2.04. The SMILES string of the molecule is CCC(=O)Nc1ccc(N)c(F)c1. The van der Waals surface area contributed by atoms with E-state index in [1.54, 1.807) is 13.0 Å². The molecule has 4 heteroatoms. The second-order valence-electron chi connectivity index (χ2n) is 2.64. The van der Waals surface area contributed by atoms with Crippen molar-refractivity contribution in [3.63, 3.8) is 0 Å². The second-order valence-corrected chi connectivity index (χ2v) is 2.64. The number of anilines is 2. The van der Waals surface area contributed by atoms with Gasteiger partial charge in [0.05, 0.1) is 5.69 Å². The Labute approximate surface area is 75.7 Å². The van der Waals surface area contributed by atoms with Crippen molar-refractivity contribution in [2.75, 3.05) is 11.1 Å². The number of benzene rings is 1. The van der Waals surface area contributed by atoms with E-state index in [-0.39, 0.29) is 11.6 Å². The summed E-state index contributed by atoms with van der Waals surface area (Å²) in [5.74, 6) is -0.668. The average Bonchev–Trinajstić information content (AvgIpc) is 2.11. The highest BCUT2D eigenvalue weighted by Crippen LogP contribution is 2.15. The lowest BCUT2D eigenvalue weighted by Crippen LogP contribution is -2.09. The third kappa shape index (κ3) is 2.43. The van der Waals surface area contributed by atoms with Gasteiger partial charge in [0.2, 0.25) is 5.91 Å². The van der Waals surface area contributed by atoms with Gasteiger partial charge in [0.25, 0.3) is 0 Å². The summed E-state index contributed by atoms with van der Waals surface area (Å²) in [6.07, 6.45) is 0.367. The Hall–Kier alpha value is -1.58. The summed E-state index contributed by atoms with van der Waals surface area (Å²) in [4.78, 5) is 10.9. The molecule has 0 atom stereocenters. The highest BCUT2D eigenvalue weighted by Gasteiger charge is 2.02. The number of rotatable bonds is 2. The number of amides is 1. The number of hydrogen-bond donors (Lipinski definition) is 2. The Balaban J connectivity index is 2.79. The van der Waals surface area contributed by atoms with Crippen LogP contribution in [-0.4, -0.2) is 5.91 Å². The van der Waals surface area contributed by atoms with E-state index in [2.05, 4.69) is 5.32 Å². The van der Waals surface area contributed by atoms with Crippen molar-refractivity contribution in [1.29, 1.82) is 0 Å². The van der Waals surface area contributed by atoms with E-state index in [1.165, 1.54) is 12.1 Å². The van der Waals surface area contributed by atoms with Crippen LogP contribution in [0.1, 0.15) is 13.3 Å². The van der Waals surface area contributed by atoms with Crippen molar-refractivity contribution in [3.8, 4) is 0 Å². The van der Waals surface area contributed by atoms with Crippen LogP contribution in [0.5, 0.6) is 0 Å². The molecule has 3 nitrogen and oxygen atoms in total. The fourth-order valence-corrected chi connectivity index (χ4v) is 0.854. The second kappa shape index (κ2) is 3.89. The van der Waals surface area contributed by atoms with Gasteiger partial charge >= 0.3 is 0 Å². The van der Waals surface area contributed by atoms with Gasteiger partial charge in [-0.1, -0.05) is 6.92 Å². The van der Waals surface area contributed by atoms with E-state index in [0.717, 1.165) is 0 Å². The molecule has 1 rings (SSSR count). The molecule has 0 aliphatic heterocycles. The van der Waals surface area contributed by atoms with Crippen molar-refractivity contribution >= 4 is 17.3 Å². The highest BCUT2D eigenvalue weighted by atomic mass is 19.1. The maximum atomic E-state index is 12.9. The van der Waals surface area contributed by atoms with Crippen LogP contribution in [0, 0.1) is 5.82 Å². The molecule has 0 spiro atoms. The molecule has 1 aromatic rings. The molecule has 0 bridgehead atoms. The molecular formula is C9H11FN2O. The fourth-order valence-electron chi connectivity index (χ4n) is 0.854. The van der Waals surface area contributed by atoms with Gasteiger partial charge < -0.3 is 11.1 Å². The zero-order valence-electron chi connectivity index (χ0n) is 7.30. The Kier molecular flexibility index (Phi) is 2.84. The smallest absolute Gasteiger partial charge is 0.224 e. The highest BCUT2D eigenvalue weighted by molar-refractivity contribution is 5.90. The first-order valence-corrected chi connectivity index (χ1v) is 3.98. The minimum Gasteiger partial charge on any atom is -0.396 e. The normalized spacial score (nSPS) is 9.69. The predicted molar refractivity (Wildman–Crippen MR) is 49.7 cm³/mol. The van der Waals surface area contributed by atoms with Gasteiger partial charge in [-0.25, -0.2) is 4.39 Å². The van der Waals surface area contributed by atoms with Crippen LogP contribution in [0.25, 0.3) is 0 Å². The lowest BCUT2D eigenvalue weighted by molar-refractivity contribution is -0.115. The molecule has 70 valence electrons. The molecule has 0 fully saturated rings. The molecule has 1 amide bonds. The van der Waals surface area contributed by atoms with Gasteiger partial charge in [-0.3, -0.25) is 4.79 Å². The molecule has 0 aliphatic rings. The van der Waals surface area contributed by atoms with Crippen molar-refractivity contribution in [1.82, 2.24) is 0 Å².